The Balaban J connectivity index is 5.45. The zero-order valence-corrected chi connectivity index (χ0v) is 8.93. The fourth-order valence-electron chi connectivity index (χ4n) is 1.27. The average Bonchev–Trinajstić information content (AvgIpc) is 2.11. The maximum absolute atomic E-state index is 13.1. The third-order valence-corrected chi connectivity index (χ3v) is 2.37. The molecule has 0 aromatic rings. The molecule has 0 saturated carbocycles. The molecule has 0 spiro atoms. The molecule has 0 aromatic carbocycles. The highest BCUT2D eigenvalue weighted by molar-refractivity contribution is 4.97. The Labute approximate surface area is 99.7 Å². The van der Waals surface area contributed by atoms with Crippen molar-refractivity contribution in [1.82, 2.24) is 0 Å². The van der Waals surface area contributed by atoms with Gasteiger partial charge in [-0.1, -0.05) is 0 Å². The van der Waals surface area contributed by atoms with Crippen LogP contribution in [0, 0.1) is 5.92 Å². The highest BCUT2D eigenvalue weighted by Gasteiger charge is 2.73. The quantitative estimate of drug-likeness (QED) is 0.784. The van der Waals surface area contributed by atoms with Crippen LogP contribution in [0.1, 0.15) is 12.8 Å². The van der Waals surface area contributed by atoms with Crippen molar-refractivity contribution >= 4 is 0 Å². The molecular weight excluding hydrogens is 302 g/mol. The minimum atomic E-state index is -6.54. The van der Waals surface area contributed by atoms with Gasteiger partial charge < -0.3 is 5.11 Å². The zero-order chi connectivity index (χ0) is 15.7. The molecule has 11 heteroatoms. The van der Waals surface area contributed by atoms with Gasteiger partial charge >= 0.3 is 18.5 Å². The van der Waals surface area contributed by atoms with E-state index in [1.807, 2.05) is 0 Å². The molecule has 1 N–H and O–H groups in total. The Morgan fingerprint density at radius 3 is 1.32 bits per heavy atom. The fourth-order valence-corrected chi connectivity index (χ4v) is 1.27. The molecule has 1 atom stereocenters. The Hall–Kier alpha value is -0.740. The van der Waals surface area contributed by atoms with Crippen molar-refractivity contribution in [2.45, 2.75) is 37.0 Å². The Kier molecular flexibility index (Phi) is 5.12. The summed E-state index contributed by atoms with van der Waals surface area (Å²) < 4.78 is 122. The molecule has 0 amide bonds. The van der Waals surface area contributed by atoms with Gasteiger partial charge in [-0.3, -0.25) is 0 Å². The highest BCUT2D eigenvalue weighted by Crippen LogP contribution is 2.52. The van der Waals surface area contributed by atoms with E-state index in [1.54, 1.807) is 0 Å². The molecule has 0 aromatic heterocycles. The molecule has 0 aliphatic carbocycles. The molecule has 116 valence electrons. The van der Waals surface area contributed by atoms with Crippen molar-refractivity contribution in [2.75, 3.05) is 6.61 Å². The molecule has 0 saturated heterocycles. The van der Waals surface area contributed by atoms with Gasteiger partial charge in [-0.25, -0.2) is 4.39 Å². The number of halogens is 10. The minimum absolute atomic E-state index is 1.32. The topological polar surface area (TPSA) is 20.2 Å². The van der Waals surface area contributed by atoms with Gasteiger partial charge in [0, 0.05) is 13.0 Å². The molecule has 0 aliphatic heterocycles. The molecular formula is C8H8F10O. The standard InChI is InChI=1S/C8H8F10O/c9-5(7(13,14)15,8(16,17)18)3-4(1-2-19)6(10,11)12/h4,19H,1-3H2. The molecule has 1 unspecified atom stereocenters. The minimum Gasteiger partial charge on any atom is -0.396 e. The van der Waals surface area contributed by atoms with Gasteiger partial charge in [-0.05, 0) is 6.42 Å². The van der Waals surface area contributed by atoms with Crippen molar-refractivity contribution in [3.63, 3.8) is 0 Å². The lowest BCUT2D eigenvalue weighted by molar-refractivity contribution is -0.352. The van der Waals surface area contributed by atoms with Crippen LogP contribution in [0.2, 0.25) is 0 Å². The van der Waals surface area contributed by atoms with Gasteiger partial charge in [0.05, 0.1) is 5.92 Å². The number of aliphatic hydroxyl groups is 1. The third kappa shape index (κ3) is 4.11. The fraction of sp³-hybridized carbons (Fsp3) is 1.00. The first-order valence-electron chi connectivity index (χ1n) is 4.66. The lowest BCUT2D eigenvalue weighted by atomic mass is 9.88. The molecule has 0 rings (SSSR count). The summed E-state index contributed by atoms with van der Waals surface area (Å²) in [5.74, 6) is -3.26. The van der Waals surface area contributed by atoms with Gasteiger partial charge in [0.15, 0.2) is 0 Å². The van der Waals surface area contributed by atoms with E-state index < -0.39 is 49.6 Å². The van der Waals surface area contributed by atoms with Gasteiger partial charge in [-0.15, -0.1) is 0 Å². The Bertz CT molecular complexity index is 273. The summed E-state index contributed by atoms with van der Waals surface area (Å²) in [6.07, 6.45) is -22.9. The molecule has 0 heterocycles. The van der Waals surface area contributed by atoms with E-state index in [9.17, 15) is 43.9 Å². The summed E-state index contributed by atoms with van der Waals surface area (Å²) in [5.41, 5.74) is -5.98. The first-order chi connectivity index (χ1) is 8.17. The van der Waals surface area contributed by atoms with Gasteiger partial charge in [0.25, 0.3) is 5.67 Å². The molecule has 1 nitrogen and oxygen atoms in total. The van der Waals surface area contributed by atoms with Crippen LogP contribution < -0.4 is 0 Å². The molecule has 0 bridgehead atoms. The van der Waals surface area contributed by atoms with Crippen molar-refractivity contribution in [1.29, 1.82) is 0 Å². The summed E-state index contributed by atoms with van der Waals surface area (Å²) in [5, 5.41) is 8.22. The monoisotopic (exact) mass is 310 g/mol. The maximum Gasteiger partial charge on any atom is 0.431 e. The second-order valence-electron chi connectivity index (χ2n) is 3.75. The summed E-state index contributed by atoms with van der Waals surface area (Å²) in [6, 6.07) is 0. The van der Waals surface area contributed by atoms with Gasteiger partial charge in [-0.2, -0.15) is 39.5 Å². The van der Waals surface area contributed by atoms with Crippen LogP contribution in [0.4, 0.5) is 43.9 Å². The first kappa shape index (κ1) is 18.3. The molecule has 0 aliphatic rings. The van der Waals surface area contributed by atoms with Crippen LogP contribution in [0.15, 0.2) is 0 Å². The summed E-state index contributed by atoms with van der Waals surface area (Å²) in [6.45, 7) is -1.32. The predicted molar refractivity (Wildman–Crippen MR) is 41.8 cm³/mol. The largest absolute Gasteiger partial charge is 0.431 e. The van der Waals surface area contributed by atoms with Crippen LogP contribution in [-0.2, 0) is 0 Å². The van der Waals surface area contributed by atoms with E-state index in [-0.39, 0.29) is 0 Å². The van der Waals surface area contributed by atoms with E-state index in [0.717, 1.165) is 0 Å². The summed E-state index contributed by atoms with van der Waals surface area (Å²) in [7, 11) is 0. The van der Waals surface area contributed by atoms with Crippen molar-refractivity contribution < 1.29 is 49.0 Å². The number of hydrogen-bond donors (Lipinski definition) is 1. The van der Waals surface area contributed by atoms with Crippen LogP contribution >= 0.6 is 0 Å². The van der Waals surface area contributed by atoms with Gasteiger partial charge in [0.1, 0.15) is 0 Å². The van der Waals surface area contributed by atoms with Crippen LogP contribution in [-0.4, -0.2) is 35.9 Å². The summed E-state index contributed by atoms with van der Waals surface area (Å²) >= 11 is 0. The normalized spacial score (nSPS) is 16.6. The van der Waals surface area contributed by atoms with Crippen LogP contribution in [0.5, 0.6) is 0 Å². The summed E-state index contributed by atoms with van der Waals surface area (Å²) in [4.78, 5) is 0. The Morgan fingerprint density at radius 1 is 0.737 bits per heavy atom. The lowest BCUT2D eigenvalue weighted by Gasteiger charge is -2.33. The van der Waals surface area contributed by atoms with Crippen LogP contribution in [0.3, 0.4) is 0 Å². The third-order valence-electron chi connectivity index (χ3n) is 2.37. The number of aliphatic hydroxyl groups excluding tert-OH is 1. The smallest absolute Gasteiger partial charge is 0.396 e. The zero-order valence-electron chi connectivity index (χ0n) is 8.93. The van der Waals surface area contributed by atoms with Crippen molar-refractivity contribution in [2.24, 2.45) is 5.92 Å². The predicted octanol–water partition coefficient (Wildman–Crippen LogP) is 3.77. The first-order valence-corrected chi connectivity index (χ1v) is 4.66. The van der Waals surface area contributed by atoms with Gasteiger partial charge in [0.2, 0.25) is 0 Å². The van der Waals surface area contributed by atoms with Crippen LogP contribution in [0.25, 0.3) is 0 Å². The second-order valence-corrected chi connectivity index (χ2v) is 3.75. The molecule has 19 heavy (non-hydrogen) atoms. The molecule has 0 fully saturated rings. The molecule has 0 radical (unpaired) electrons. The van der Waals surface area contributed by atoms with E-state index in [0.29, 0.717) is 0 Å². The van der Waals surface area contributed by atoms with E-state index in [1.165, 1.54) is 0 Å². The average molecular weight is 310 g/mol. The number of hydrogen-bond acceptors (Lipinski definition) is 1. The SMILES string of the molecule is OCCC(CC(F)(C(F)(F)F)C(F)(F)F)C(F)(F)F. The van der Waals surface area contributed by atoms with Crippen molar-refractivity contribution in [3.8, 4) is 0 Å². The van der Waals surface area contributed by atoms with E-state index >= 15 is 0 Å². The van der Waals surface area contributed by atoms with Crippen molar-refractivity contribution in [3.05, 3.63) is 0 Å². The Morgan fingerprint density at radius 2 is 1.11 bits per heavy atom. The van der Waals surface area contributed by atoms with E-state index in [2.05, 4.69) is 0 Å². The number of rotatable bonds is 4. The van der Waals surface area contributed by atoms with E-state index in [4.69, 9.17) is 5.11 Å². The lowest BCUT2D eigenvalue weighted by Crippen LogP contribution is -2.55. The highest BCUT2D eigenvalue weighted by atomic mass is 19.4. The number of alkyl halides is 10. The second kappa shape index (κ2) is 5.33. The maximum atomic E-state index is 13.1.